The third-order valence-corrected chi connectivity index (χ3v) is 4.33. The molecule has 2 aromatic carbocycles. The fourth-order valence-electron chi connectivity index (χ4n) is 2.64. The number of halogens is 1. The summed E-state index contributed by atoms with van der Waals surface area (Å²) in [5.41, 5.74) is 0.858. The highest BCUT2D eigenvalue weighted by Crippen LogP contribution is 2.38. The van der Waals surface area contributed by atoms with Crippen LogP contribution in [0, 0.1) is 0 Å². The smallest absolute Gasteiger partial charge is 0.339 e. The molecule has 0 saturated carbocycles. The fourth-order valence-corrected chi connectivity index (χ4v) is 2.91. The molecule has 8 heteroatoms. The maximum atomic E-state index is 12.4. The van der Waals surface area contributed by atoms with E-state index in [1.165, 1.54) is 26.0 Å². The van der Waals surface area contributed by atoms with Crippen molar-refractivity contribution in [3.8, 4) is 11.5 Å². The van der Waals surface area contributed by atoms with Crippen LogP contribution in [0.25, 0.3) is 0 Å². The number of Topliss-reactive ketones (excluding diaryl/α,β-unsaturated/α-hetero) is 1. The molecule has 2 aromatic rings. The minimum Gasteiger partial charge on any atom is -0.486 e. The van der Waals surface area contributed by atoms with Crippen LogP contribution < -0.4 is 14.8 Å². The average molecular weight is 404 g/mol. The number of ether oxygens (including phenoxy) is 3. The van der Waals surface area contributed by atoms with Gasteiger partial charge < -0.3 is 19.5 Å². The first-order valence-corrected chi connectivity index (χ1v) is 8.95. The summed E-state index contributed by atoms with van der Waals surface area (Å²) in [6.07, 6.45) is -1.10. The standard InChI is InChI=1S/C20H18ClNO6/c1-11(23)14-5-3-4-6-16(14)22-19(24)12(2)28-20(25)13-9-15(21)18-17(10-13)26-7-8-27-18/h3-6,9-10,12H,7-8H2,1-2H3,(H,22,24)/t12-/m1/s1. The number of para-hydroxylation sites is 1. The van der Waals surface area contributed by atoms with Crippen LogP contribution in [0.5, 0.6) is 11.5 Å². The largest absolute Gasteiger partial charge is 0.486 e. The Morgan fingerprint density at radius 1 is 1.14 bits per heavy atom. The molecule has 0 aliphatic carbocycles. The van der Waals surface area contributed by atoms with Crippen LogP contribution in [0.1, 0.15) is 34.6 Å². The highest BCUT2D eigenvalue weighted by atomic mass is 35.5. The maximum Gasteiger partial charge on any atom is 0.339 e. The molecule has 0 unspecified atom stereocenters. The highest BCUT2D eigenvalue weighted by Gasteiger charge is 2.24. The first kappa shape index (κ1) is 19.7. The number of anilines is 1. The number of fused-ring (bicyclic) bond motifs is 1. The zero-order valence-electron chi connectivity index (χ0n) is 15.3. The molecule has 0 bridgehead atoms. The van der Waals surface area contributed by atoms with Crippen molar-refractivity contribution in [3.63, 3.8) is 0 Å². The average Bonchev–Trinajstić information content (AvgIpc) is 2.68. The van der Waals surface area contributed by atoms with Crippen molar-refractivity contribution in [3.05, 3.63) is 52.5 Å². The molecule has 7 nitrogen and oxygen atoms in total. The summed E-state index contributed by atoms with van der Waals surface area (Å²) in [6, 6.07) is 9.44. The van der Waals surface area contributed by atoms with Crippen LogP contribution >= 0.6 is 11.6 Å². The van der Waals surface area contributed by atoms with E-state index in [0.29, 0.717) is 36.0 Å². The van der Waals surface area contributed by atoms with Gasteiger partial charge in [0.1, 0.15) is 13.2 Å². The summed E-state index contributed by atoms with van der Waals surface area (Å²) in [4.78, 5) is 36.5. The summed E-state index contributed by atoms with van der Waals surface area (Å²) < 4.78 is 16.1. The summed E-state index contributed by atoms with van der Waals surface area (Å²) in [5, 5.41) is 2.82. The van der Waals surface area contributed by atoms with Gasteiger partial charge in [0.05, 0.1) is 16.3 Å². The van der Waals surface area contributed by atoms with Crippen LogP contribution in [-0.2, 0) is 9.53 Å². The van der Waals surface area contributed by atoms with Gasteiger partial charge in [-0.15, -0.1) is 0 Å². The van der Waals surface area contributed by atoms with Crippen molar-refractivity contribution >= 4 is 34.9 Å². The van der Waals surface area contributed by atoms with E-state index in [2.05, 4.69) is 5.32 Å². The van der Waals surface area contributed by atoms with E-state index in [9.17, 15) is 14.4 Å². The third kappa shape index (κ3) is 4.26. The van der Waals surface area contributed by atoms with Gasteiger partial charge in [0, 0.05) is 5.56 Å². The Bertz CT molecular complexity index is 942. The molecule has 1 N–H and O–H groups in total. The molecule has 146 valence electrons. The van der Waals surface area contributed by atoms with Gasteiger partial charge in [0.25, 0.3) is 5.91 Å². The van der Waals surface area contributed by atoms with Crippen molar-refractivity contribution in [2.45, 2.75) is 20.0 Å². The van der Waals surface area contributed by atoms with Crippen LogP contribution in [0.3, 0.4) is 0 Å². The lowest BCUT2D eigenvalue weighted by molar-refractivity contribution is -0.123. The number of amides is 1. The van der Waals surface area contributed by atoms with Crippen molar-refractivity contribution in [1.29, 1.82) is 0 Å². The molecular weight excluding hydrogens is 386 g/mol. The van der Waals surface area contributed by atoms with Gasteiger partial charge >= 0.3 is 5.97 Å². The number of rotatable bonds is 5. The molecule has 1 aliphatic rings. The lowest BCUT2D eigenvalue weighted by Crippen LogP contribution is -2.30. The van der Waals surface area contributed by atoms with E-state index in [0.717, 1.165) is 0 Å². The zero-order chi connectivity index (χ0) is 20.3. The molecule has 1 heterocycles. The third-order valence-electron chi connectivity index (χ3n) is 4.05. The Hall–Kier alpha value is -3.06. The Morgan fingerprint density at radius 3 is 2.61 bits per heavy atom. The number of esters is 1. The molecule has 0 aromatic heterocycles. The summed E-state index contributed by atoms with van der Waals surface area (Å²) in [7, 11) is 0. The molecule has 0 saturated heterocycles. The monoisotopic (exact) mass is 403 g/mol. The van der Waals surface area contributed by atoms with Gasteiger partial charge in [0.2, 0.25) is 0 Å². The second-order valence-corrected chi connectivity index (χ2v) is 6.53. The number of nitrogens with one attached hydrogen (secondary N) is 1. The van der Waals surface area contributed by atoms with E-state index in [1.54, 1.807) is 24.3 Å². The van der Waals surface area contributed by atoms with Gasteiger partial charge in [-0.3, -0.25) is 9.59 Å². The number of hydrogen-bond acceptors (Lipinski definition) is 6. The van der Waals surface area contributed by atoms with Crippen LogP contribution in [0.4, 0.5) is 5.69 Å². The minimum atomic E-state index is -1.10. The van der Waals surface area contributed by atoms with Gasteiger partial charge in [-0.1, -0.05) is 23.7 Å². The molecule has 3 rings (SSSR count). The van der Waals surface area contributed by atoms with Gasteiger partial charge in [-0.05, 0) is 38.1 Å². The lowest BCUT2D eigenvalue weighted by Gasteiger charge is -2.20. The molecule has 0 fully saturated rings. The van der Waals surface area contributed by atoms with E-state index in [1.807, 2.05) is 0 Å². The number of carbonyl (C=O) groups is 3. The second kappa shape index (κ2) is 8.31. The molecule has 28 heavy (non-hydrogen) atoms. The predicted octanol–water partition coefficient (Wildman–Crippen LogP) is 3.50. The lowest BCUT2D eigenvalue weighted by atomic mass is 10.1. The SMILES string of the molecule is CC(=O)c1ccccc1NC(=O)[C@@H](C)OC(=O)c1cc(Cl)c2c(c1)OCCO2. The van der Waals surface area contributed by atoms with E-state index in [4.69, 9.17) is 25.8 Å². The first-order valence-electron chi connectivity index (χ1n) is 8.57. The predicted molar refractivity (Wildman–Crippen MR) is 102 cm³/mol. The molecule has 1 atom stereocenters. The zero-order valence-corrected chi connectivity index (χ0v) is 16.0. The van der Waals surface area contributed by atoms with E-state index in [-0.39, 0.29) is 16.4 Å². The molecule has 1 amide bonds. The molecular formula is C20H18ClNO6. The quantitative estimate of drug-likeness (QED) is 0.607. The number of hydrogen-bond donors (Lipinski definition) is 1. The number of carbonyl (C=O) groups excluding carboxylic acids is 3. The van der Waals surface area contributed by atoms with E-state index < -0.39 is 18.0 Å². The van der Waals surface area contributed by atoms with Gasteiger partial charge in [-0.25, -0.2) is 4.79 Å². The van der Waals surface area contributed by atoms with Gasteiger partial charge in [0.15, 0.2) is 23.4 Å². The van der Waals surface area contributed by atoms with Crippen molar-refractivity contribution in [1.82, 2.24) is 0 Å². The first-order chi connectivity index (χ1) is 13.4. The van der Waals surface area contributed by atoms with Crippen LogP contribution in [-0.4, -0.2) is 37.0 Å². The summed E-state index contributed by atoms with van der Waals surface area (Å²) in [5.74, 6) is -0.771. The number of benzene rings is 2. The number of ketones is 1. The van der Waals surface area contributed by atoms with Crippen molar-refractivity contribution in [2.24, 2.45) is 0 Å². The van der Waals surface area contributed by atoms with Crippen molar-refractivity contribution in [2.75, 3.05) is 18.5 Å². The Morgan fingerprint density at radius 2 is 1.86 bits per heavy atom. The Labute approximate surface area is 166 Å². The Kier molecular flexibility index (Phi) is 5.84. The van der Waals surface area contributed by atoms with Gasteiger partial charge in [-0.2, -0.15) is 0 Å². The molecule has 1 aliphatic heterocycles. The topological polar surface area (TPSA) is 90.9 Å². The van der Waals surface area contributed by atoms with Crippen molar-refractivity contribution < 1.29 is 28.6 Å². The molecule has 0 radical (unpaired) electrons. The van der Waals surface area contributed by atoms with Crippen LogP contribution in [0.15, 0.2) is 36.4 Å². The summed E-state index contributed by atoms with van der Waals surface area (Å²) >= 11 is 6.12. The minimum absolute atomic E-state index is 0.137. The molecule has 0 spiro atoms. The highest BCUT2D eigenvalue weighted by molar-refractivity contribution is 6.32. The maximum absolute atomic E-state index is 12.4. The van der Waals surface area contributed by atoms with E-state index >= 15 is 0 Å². The summed E-state index contributed by atoms with van der Waals surface area (Å²) in [6.45, 7) is 3.55. The fraction of sp³-hybridized carbons (Fsp3) is 0.250. The second-order valence-electron chi connectivity index (χ2n) is 6.12. The Balaban J connectivity index is 1.70. The normalized spacial score (nSPS) is 13.4. The van der Waals surface area contributed by atoms with Crippen LogP contribution in [0.2, 0.25) is 5.02 Å².